The Balaban J connectivity index is 2.29. The summed E-state index contributed by atoms with van der Waals surface area (Å²) in [7, 11) is 0. The summed E-state index contributed by atoms with van der Waals surface area (Å²) >= 11 is 15.1. The number of rotatable bonds is 4. The number of hydrogen-bond donors (Lipinski definition) is 0. The summed E-state index contributed by atoms with van der Waals surface area (Å²) in [6.45, 7) is -0.727. The maximum Gasteiger partial charge on any atom is 0.256 e. The first-order chi connectivity index (χ1) is 12.7. The number of benzene rings is 2. The lowest BCUT2D eigenvalue weighted by atomic mass is 9.97. The second kappa shape index (κ2) is 7.50. The molecule has 2 aromatic carbocycles. The largest absolute Gasteiger partial charge is 0.309 e. The number of hydrogen-bond acceptors (Lipinski definition) is 3. The van der Waals surface area contributed by atoms with Crippen LogP contribution in [-0.4, -0.2) is 21.8 Å². The van der Waals surface area contributed by atoms with Gasteiger partial charge in [-0.05, 0) is 51.8 Å². The van der Waals surface area contributed by atoms with Gasteiger partial charge >= 0.3 is 0 Å². The zero-order valence-electron chi connectivity index (χ0n) is 13.1. The Morgan fingerprint density at radius 1 is 1.33 bits per heavy atom. The number of nitriles is 1. The van der Waals surface area contributed by atoms with Crippen LogP contribution in [0.2, 0.25) is 10.3 Å². The molecule has 0 amide bonds. The van der Waals surface area contributed by atoms with Gasteiger partial charge in [0.25, 0.3) is 6.43 Å². The van der Waals surface area contributed by atoms with E-state index in [9.17, 15) is 23.2 Å². The fourth-order valence-electron chi connectivity index (χ4n) is 2.65. The van der Waals surface area contributed by atoms with Gasteiger partial charge in [0.15, 0.2) is 5.78 Å². The molecule has 3 aromatic rings. The summed E-state index contributed by atoms with van der Waals surface area (Å²) in [6.07, 6.45) is -2.70. The van der Waals surface area contributed by atoms with Crippen molar-refractivity contribution in [2.75, 3.05) is 0 Å². The molecule has 0 aliphatic rings. The molecule has 3 rings (SSSR count). The number of nitrogens with zero attached hydrogens (tertiary/aromatic N) is 3. The van der Waals surface area contributed by atoms with Gasteiger partial charge in [-0.25, -0.2) is 18.2 Å². The Kier molecular flexibility index (Phi) is 5.47. The van der Waals surface area contributed by atoms with Crippen molar-refractivity contribution < 1.29 is 18.0 Å². The van der Waals surface area contributed by atoms with Crippen LogP contribution in [0.1, 0.15) is 21.5 Å². The molecular weight excluding hydrogens is 470 g/mol. The van der Waals surface area contributed by atoms with Crippen molar-refractivity contribution in [2.45, 2.75) is 13.0 Å². The molecule has 0 unspecified atom stereocenters. The van der Waals surface area contributed by atoms with Crippen LogP contribution in [0.5, 0.6) is 0 Å². The number of aromatic nitrogens is 2. The van der Waals surface area contributed by atoms with Gasteiger partial charge in [-0.15, -0.1) is 0 Å². The minimum Gasteiger partial charge on any atom is -0.309 e. The van der Waals surface area contributed by atoms with Crippen molar-refractivity contribution in [3.05, 3.63) is 61.6 Å². The average molecular weight is 477 g/mol. The molecule has 1 heterocycles. The second-order valence-corrected chi connectivity index (χ2v) is 7.02. The first-order valence-corrected chi connectivity index (χ1v) is 8.85. The molecule has 10 heteroatoms. The second-order valence-electron chi connectivity index (χ2n) is 5.42. The van der Waals surface area contributed by atoms with Crippen LogP contribution in [0.25, 0.3) is 11.0 Å². The molecule has 0 radical (unpaired) electrons. The Morgan fingerprint density at radius 3 is 2.67 bits per heavy atom. The SMILES string of the molecule is N#Cc1c(C(=O)c2cc(F)ccc2Cl)c(Br)cc2c1nc(Cl)n2CC(F)F. The number of carbonyl (C=O) groups is 1. The van der Waals surface area contributed by atoms with Crippen LogP contribution in [0.3, 0.4) is 0 Å². The van der Waals surface area contributed by atoms with Crippen molar-refractivity contribution in [3.8, 4) is 6.07 Å². The highest BCUT2D eigenvalue weighted by atomic mass is 79.9. The minimum atomic E-state index is -2.70. The van der Waals surface area contributed by atoms with Gasteiger partial charge in [-0.1, -0.05) is 11.6 Å². The molecule has 0 spiro atoms. The van der Waals surface area contributed by atoms with E-state index in [1.807, 2.05) is 6.07 Å². The van der Waals surface area contributed by atoms with Crippen LogP contribution >= 0.6 is 39.1 Å². The van der Waals surface area contributed by atoms with Crippen molar-refractivity contribution >= 4 is 55.9 Å². The lowest BCUT2D eigenvalue weighted by Crippen LogP contribution is -2.09. The van der Waals surface area contributed by atoms with Crippen molar-refractivity contribution in [3.63, 3.8) is 0 Å². The van der Waals surface area contributed by atoms with Gasteiger partial charge in [0.1, 0.15) is 17.4 Å². The fraction of sp³-hybridized carbons (Fsp3) is 0.118. The van der Waals surface area contributed by atoms with Crippen molar-refractivity contribution in [2.24, 2.45) is 0 Å². The first-order valence-electron chi connectivity index (χ1n) is 7.30. The van der Waals surface area contributed by atoms with Crippen LogP contribution in [0.4, 0.5) is 13.2 Å². The van der Waals surface area contributed by atoms with Gasteiger partial charge in [-0.3, -0.25) is 4.79 Å². The van der Waals surface area contributed by atoms with Crippen LogP contribution in [-0.2, 0) is 6.54 Å². The fourth-order valence-corrected chi connectivity index (χ4v) is 3.69. The zero-order valence-corrected chi connectivity index (χ0v) is 16.2. The quantitative estimate of drug-likeness (QED) is 0.459. The Bertz CT molecular complexity index is 1130. The molecule has 0 saturated carbocycles. The number of imidazole rings is 1. The van der Waals surface area contributed by atoms with E-state index in [0.29, 0.717) is 0 Å². The third kappa shape index (κ3) is 3.55. The number of carbonyl (C=O) groups excluding carboxylic acids is 1. The molecule has 0 aliphatic heterocycles. The summed E-state index contributed by atoms with van der Waals surface area (Å²) in [5.74, 6) is -1.40. The number of ketones is 1. The highest BCUT2D eigenvalue weighted by molar-refractivity contribution is 9.10. The Morgan fingerprint density at radius 2 is 2.04 bits per heavy atom. The van der Waals surface area contributed by atoms with E-state index in [1.54, 1.807) is 0 Å². The maximum absolute atomic E-state index is 13.5. The highest BCUT2D eigenvalue weighted by Gasteiger charge is 2.26. The smallest absolute Gasteiger partial charge is 0.256 e. The highest BCUT2D eigenvalue weighted by Crippen LogP contribution is 2.34. The number of alkyl halides is 2. The summed E-state index contributed by atoms with van der Waals surface area (Å²) in [5, 5.41) is 9.32. The zero-order chi connectivity index (χ0) is 19.9. The van der Waals surface area contributed by atoms with Gasteiger partial charge in [0.05, 0.1) is 28.2 Å². The number of halogens is 6. The van der Waals surface area contributed by atoms with Gasteiger partial charge in [0.2, 0.25) is 5.28 Å². The van der Waals surface area contributed by atoms with E-state index in [-0.39, 0.29) is 42.5 Å². The van der Waals surface area contributed by atoms with Crippen molar-refractivity contribution in [1.82, 2.24) is 9.55 Å². The average Bonchev–Trinajstić information content (AvgIpc) is 2.90. The topological polar surface area (TPSA) is 58.7 Å². The standard InChI is InChI=1S/C17H7BrCl2F3N3O/c18-10-4-12-15(25-17(20)26(12)6-13(22)23)9(5-24)14(10)16(27)8-3-7(21)1-2-11(8)19/h1-4,13H,6H2. The monoisotopic (exact) mass is 475 g/mol. The normalized spacial score (nSPS) is 11.2. The molecule has 0 fully saturated rings. The third-order valence-electron chi connectivity index (χ3n) is 3.78. The van der Waals surface area contributed by atoms with Crippen molar-refractivity contribution in [1.29, 1.82) is 5.26 Å². The Labute approximate surface area is 169 Å². The van der Waals surface area contributed by atoms with E-state index in [0.717, 1.165) is 16.7 Å². The molecule has 27 heavy (non-hydrogen) atoms. The van der Waals surface area contributed by atoms with E-state index in [4.69, 9.17) is 23.2 Å². The van der Waals surface area contributed by atoms with E-state index in [2.05, 4.69) is 20.9 Å². The summed E-state index contributed by atoms with van der Waals surface area (Å²) in [5.41, 5.74) is -0.297. The van der Waals surface area contributed by atoms with E-state index in [1.165, 1.54) is 12.1 Å². The predicted molar refractivity (Wildman–Crippen MR) is 98.0 cm³/mol. The summed E-state index contributed by atoms with van der Waals surface area (Å²) in [6, 6.07) is 6.47. The Hall–Kier alpha value is -2.08. The lowest BCUT2D eigenvalue weighted by molar-refractivity contribution is 0.103. The molecule has 0 aliphatic carbocycles. The molecule has 1 aromatic heterocycles. The molecule has 4 nitrogen and oxygen atoms in total. The summed E-state index contributed by atoms with van der Waals surface area (Å²) in [4.78, 5) is 16.9. The molecule has 0 N–H and O–H groups in total. The van der Waals surface area contributed by atoms with Gasteiger partial charge < -0.3 is 4.57 Å². The van der Waals surface area contributed by atoms with E-state index < -0.39 is 24.6 Å². The lowest BCUT2D eigenvalue weighted by Gasteiger charge is -2.10. The van der Waals surface area contributed by atoms with Gasteiger partial charge in [0, 0.05) is 10.0 Å². The minimum absolute atomic E-state index is 0.00134. The molecule has 0 saturated heterocycles. The summed E-state index contributed by atoms with van der Waals surface area (Å²) < 4.78 is 40.3. The van der Waals surface area contributed by atoms with Crippen LogP contribution in [0.15, 0.2) is 28.7 Å². The predicted octanol–water partition coefficient (Wildman–Crippen LogP) is 5.61. The van der Waals surface area contributed by atoms with Crippen LogP contribution in [0, 0.1) is 17.1 Å². The van der Waals surface area contributed by atoms with Crippen LogP contribution < -0.4 is 0 Å². The molecule has 0 bridgehead atoms. The molecular formula is C17H7BrCl2F3N3O. The number of fused-ring (bicyclic) bond motifs is 1. The first kappa shape index (κ1) is 19.7. The molecule has 138 valence electrons. The molecule has 0 atom stereocenters. The third-order valence-corrected chi connectivity index (χ3v) is 5.03. The maximum atomic E-state index is 13.5. The van der Waals surface area contributed by atoms with E-state index >= 15 is 0 Å². The van der Waals surface area contributed by atoms with Gasteiger partial charge in [-0.2, -0.15) is 5.26 Å².